The van der Waals surface area contributed by atoms with Crippen molar-refractivity contribution in [3.8, 4) is 0 Å². The van der Waals surface area contributed by atoms with Gasteiger partial charge in [-0.3, -0.25) is 4.98 Å². The maximum Gasteiger partial charge on any atom is 0.335 e. The number of nitrogens with one attached hydrogen (secondary N) is 1. The molecule has 0 aliphatic carbocycles. The van der Waals surface area contributed by atoms with Crippen LogP contribution in [0.25, 0.3) is 10.9 Å². The number of hydrogen-bond donors (Lipinski definition) is 2. The summed E-state index contributed by atoms with van der Waals surface area (Å²) in [5.41, 5.74) is 1.99. The van der Waals surface area contributed by atoms with E-state index >= 15 is 0 Å². The van der Waals surface area contributed by atoms with Crippen LogP contribution in [0.3, 0.4) is 0 Å². The van der Waals surface area contributed by atoms with Crippen LogP contribution >= 0.6 is 0 Å². The molecule has 2 aromatic carbocycles. The highest BCUT2D eigenvalue weighted by Crippen LogP contribution is 2.20. The Balaban J connectivity index is 1.84. The van der Waals surface area contributed by atoms with E-state index in [1.165, 1.54) is 12.1 Å². The van der Waals surface area contributed by atoms with Crippen molar-refractivity contribution in [2.45, 2.75) is 6.54 Å². The molecule has 0 bridgehead atoms. The van der Waals surface area contributed by atoms with Gasteiger partial charge in [0.2, 0.25) is 0 Å². The van der Waals surface area contributed by atoms with E-state index in [9.17, 15) is 9.18 Å². The van der Waals surface area contributed by atoms with Crippen LogP contribution in [0.2, 0.25) is 0 Å². The zero-order valence-corrected chi connectivity index (χ0v) is 11.6. The molecule has 4 nitrogen and oxygen atoms in total. The third kappa shape index (κ3) is 2.74. The number of pyridine rings is 1. The molecular formula is C17H13FN2O2. The first-order valence-corrected chi connectivity index (χ1v) is 6.74. The van der Waals surface area contributed by atoms with E-state index in [4.69, 9.17) is 5.11 Å². The molecule has 110 valence electrons. The quantitative estimate of drug-likeness (QED) is 0.771. The number of carboxylic acid groups (broad SMARTS) is 1. The first-order chi connectivity index (χ1) is 10.6. The fourth-order valence-corrected chi connectivity index (χ4v) is 2.29. The number of anilines is 1. The third-order valence-corrected chi connectivity index (χ3v) is 3.40. The Labute approximate surface area is 126 Å². The van der Waals surface area contributed by atoms with Gasteiger partial charge in [-0.2, -0.15) is 0 Å². The number of aromatic carboxylic acids is 1. The van der Waals surface area contributed by atoms with Gasteiger partial charge in [-0.1, -0.05) is 24.3 Å². The van der Waals surface area contributed by atoms with Crippen LogP contribution in [0.15, 0.2) is 54.7 Å². The summed E-state index contributed by atoms with van der Waals surface area (Å²) in [5.74, 6) is -1.74. The highest BCUT2D eigenvalue weighted by atomic mass is 19.1. The summed E-state index contributed by atoms with van der Waals surface area (Å²) in [6.07, 6.45) is 1.72. The van der Waals surface area contributed by atoms with Gasteiger partial charge in [0, 0.05) is 18.1 Å². The second-order valence-electron chi connectivity index (χ2n) is 4.85. The summed E-state index contributed by atoms with van der Waals surface area (Å²) in [6.45, 7) is 0.400. The molecular weight excluding hydrogens is 283 g/mol. The summed E-state index contributed by atoms with van der Waals surface area (Å²) in [7, 11) is 0. The van der Waals surface area contributed by atoms with Gasteiger partial charge < -0.3 is 10.4 Å². The van der Waals surface area contributed by atoms with Crippen LogP contribution in [0.1, 0.15) is 15.9 Å². The lowest BCUT2D eigenvalue weighted by Gasteiger charge is -2.10. The van der Waals surface area contributed by atoms with Crippen LogP contribution in [0, 0.1) is 5.82 Å². The molecule has 0 saturated carbocycles. The Morgan fingerprint density at radius 3 is 2.77 bits per heavy atom. The average molecular weight is 296 g/mol. The molecule has 0 saturated heterocycles. The van der Waals surface area contributed by atoms with Crippen LogP contribution in [-0.4, -0.2) is 16.1 Å². The Kier molecular flexibility index (Phi) is 3.70. The minimum absolute atomic E-state index is 0.0742. The molecule has 22 heavy (non-hydrogen) atoms. The first kappa shape index (κ1) is 14.0. The zero-order chi connectivity index (χ0) is 15.5. The maximum atomic E-state index is 13.9. The molecule has 1 heterocycles. The topological polar surface area (TPSA) is 62.2 Å². The molecule has 0 unspecified atom stereocenters. The Morgan fingerprint density at radius 1 is 1.18 bits per heavy atom. The molecule has 0 radical (unpaired) electrons. The molecule has 0 fully saturated rings. The number of nitrogens with zero attached hydrogens (tertiary/aromatic N) is 1. The molecule has 3 aromatic rings. The predicted molar refractivity (Wildman–Crippen MR) is 82.4 cm³/mol. The van der Waals surface area contributed by atoms with E-state index in [-0.39, 0.29) is 11.3 Å². The molecule has 3 rings (SSSR count). The molecule has 0 atom stereocenters. The lowest BCUT2D eigenvalue weighted by Crippen LogP contribution is -2.04. The Morgan fingerprint density at radius 2 is 2.00 bits per heavy atom. The van der Waals surface area contributed by atoms with Crippen molar-refractivity contribution in [1.29, 1.82) is 0 Å². The second kappa shape index (κ2) is 5.81. The van der Waals surface area contributed by atoms with Crippen LogP contribution in [-0.2, 0) is 6.54 Å². The monoisotopic (exact) mass is 296 g/mol. The number of rotatable bonds is 4. The number of fused-ring (bicyclic) bond motifs is 1. The first-order valence-electron chi connectivity index (χ1n) is 6.74. The van der Waals surface area contributed by atoms with Crippen LogP contribution < -0.4 is 5.32 Å². The maximum absolute atomic E-state index is 13.9. The number of carbonyl (C=O) groups is 1. The highest BCUT2D eigenvalue weighted by molar-refractivity contribution is 5.88. The Hall–Kier alpha value is -2.95. The summed E-state index contributed by atoms with van der Waals surface area (Å²) in [5, 5.41) is 12.8. The number of hydrogen-bond acceptors (Lipinski definition) is 3. The van der Waals surface area contributed by atoms with Crippen molar-refractivity contribution in [1.82, 2.24) is 4.98 Å². The number of carboxylic acids is 1. The van der Waals surface area contributed by atoms with Gasteiger partial charge in [-0.05, 0) is 29.8 Å². The molecule has 1 aromatic heterocycles. The second-order valence-corrected chi connectivity index (χ2v) is 4.85. The SMILES string of the molecule is O=C(O)c1ccc(NCc2cccc3cccnc23)c(F)c1. The summed E-state index contributed by atoms with van der Waals surface area (Å²) in [6, 6.07) is 13.4. The lowest BCUT2D eigenvalue weighted by atomic mass is 10.1. The smallest absolute Gasteiger partial charge is 0.335 e. The fraction of sp³-hybridized carbons (Fsp3) is 0.0588. The minimum Gasteiger partial charge on any atom is -0.478 e. The number of benzene rings is 2. The van der Waals surface area contributed by atoms with Crippen molar-refractivity contribution >= 4 is 22.6 Å². The van der Waals surface area contributed by atoms with Gasteiger partial charge in [-0.25, -0.2) is 9.18 Å². The predicted octanol–water partition coefficient (Wildman–Crippen LogP) is 3.68. The average Bonchev–Trinajstić information content (AvgIpc) is 2.53. The number of aromatic nitrogens is 1. The zero-order valence-electron chi connectivity index (χ0n) is 11.6. The van der Waals surface area contributed by atoms with Gasteiger partial charge in [0.15, 0.2) is 0 Å². The fourth-order valence-electron chi connectivity index (χ4n) is 2.29. The molecule has 0 amide bonds. The standard InChI is InChI=1S/C17H13FN2O2/c18-14-9-12(17(21)22)6-7-15(14)20-10-13-4-1-3-11-5-2-8-19-16(11)13/h1-9,20H,10H2,(H,21,22). The van der Waals surface area contributed by atoms with E-state index in [1.807, 2.05) is 30.3 Å². The normalized spacial score (nSPS) is 10.6. The van der Waals surface area contributed by atoms with Gasteiger partial charge in [-0.15, -0.1) is 0 Å². The van der Waals surface area contributed by atoms with Crippen LogP contribution in [0.4, 0.5) is 10.1 Å². The summed E-state index contributed by atoms with van der Waals surface area (Å²) >= 11 is 0. The van der Waals surface area contributed by atoms with Gasteiger partial charge in [0.05, 0.1) is 16.8 Å². The largest absolute Gasteiger partial charge is 0.478 e. The minimum atomic E-state index is -1.15. The highest BCUT2D eigenvalue weighted by Gasteiger charge is 2.09. The van der Waals surface area contributed by atoms with Crippen molar-refractivity contribution in [2.24, 2.45) is 0 Å². The molecule has 2 N–H and O–H groups in total. The number of halogens is 1. The van der Waals surface area contributed by atoms with Crippen molar-refractivity contribution < 1.29 is 14.3 Å². The summed E-state index contributed by atoms with van der Waals surface area (Å²) < 4.78 is 13.9. The molecule has 0 aliphatic rings. The van der Waals surface area contributed by atoms with E-state index in [0.29, 0.717) is 6.54 Å². The van der Waals surface area contributed by atoms with E-state index in [1.54, 1.807) is 6.20 Å². The van der Waals surface area contributed by atoms with E-state index in [2.05, 4.69) is 10.3 Å². The molecule has 0 spiro atoms. The summed E-state index contributed by atoms with van der Waals surface area (Å²) in [4.78, 5) is 15.1. The molecule has 0 aliphatic heterocycles. The van der Waals surface area contributed by atoms with Crippen LogP contribution in [0.5, 0.6) is 0 Å². The van der Waals surface area contributed by atoms with Gasteiger partial charge in [0.1, 0.15) is 5.82 Å². The lowest BCUT2D eigenvalue weighted by molar-refractivity contribution is 0.0696. The van der Waals surface area contributed by atoms with Crippen molar-refractivity contribution in [3.05, 3.63) is 71.7 Å². The number of para-hydroxylation sites is 1. The van der Waals surface area contributed by atoms with Crippen molar-refractivity contribution in [3.63, 3.8) is 0 Å². The van der Waals surface area contributed by atoms with E-state index in [0.717, 1.165) is 22.5 Å². The Bertz CT molecular complexity index is 844. The van der Waals surface area contributed by atoms with Gasteiger partial charge >= 0.3 is 5.97 Å². The van der Waals surface area contributed by atoms with E-state index < -0.39 is 11.8 Å². The van der Waals surface area contributed by atoms with Gasteiger partial charge in [0.25, 0.3) is 0 Å². The molecule has 5 heteroatoms. The van der Waals surface area contributed by atoms with Crippen molar-refractivity contribution in [2.75, 3.05) is 5.32 Å². The third-order valence-electron chi connectivity index (χ3n) is 3.40.